The number of carbonyl (C=O) groups is 1. The predicted octanol–water partition coefficient (Wildman–Crippen LogP) is 1.40. The summed E-state index contributed by atoms with van der Waals surface area (Å²) >= 11 is 0. The highest BCUT2D eigenvalue weighted by Gasteiger charge is 2.20. The van der Waals surface area contributed by atoms with Crippen molar-refractivity contribution in [2.75, 3.05) is 0 Å². The number of hydrogen-bond acceptors (Lipinski definition) is 1. The van der Waals surface area contributed by atoms with Gasteiger partial charge in [0.05, 0.1) is 0 Å². The van der Waals surface area contributed by atoms with Gasteiger partial charge in [-0.05, 0) is 12.0 Å². The highest BCUT2D eigenvalue weighted by molar-refractivity contribution is 5.94. The van der Waals surface area contributed by atoms with Crippen LogP contribution in [0.5, 0.6) is 0 Å². The molecule has 1 heteroatoms. The van der Waals surface area contributed by atoms with Crippen LogP contribution >= 0.6 is 0 Å². The standard InChI is InChI=1S/C7H10O/c1-5-3-4-7(8)6(5)2/h3-6H,1-2H3/t5-,6+/m0/s1. The first kappa shape index (κ1) is 5.54. The lowest BCUT2D eigenvalue weighted by Crippen LogP contribution is -2.07. The fraction of sp³-hybridized carbons (Fsp3) is 0.571. The molecule has 1 aliphatic carbocycles. The molecule has 0 aromatic heterocycles. The van der Waals surface area contributed by atoms with Gasteiger partial charge in [-0.25, -0.2) is 0 Å². The molecule has 1 nitrogen and oxygen atoms in total. The van der Waals surface area contributed by atoms with Crippen molar-refractivity contribution >= 4 is 5.78 Å². The Bertz CT molecular complexity index is 135. The third-order valence-electron chi connectivity index (χ3n) is 1.80. The normalized spacial score (nSPS) is 36.5. The Labute approximate surface area is 49.4 Å². The molecule has 1 aliphatic rings. The van der Waals surface area contributed by atoms with Gasteiger partial charge in [0.2, 0.25) is 0 Å². The van der Waals surface area contributed by atoms with Gasteiger partial charge in [0, 0.05) is 5.92 Å². The highest BCUT2D eigenvalue weighted by atomic mass is 16.1. The van der Waals surface area contributed by atoms with Crippen LogP contribution in [0.3, 0.4) is 0 Å². The van der Waals surface area contributed by atoms with Crippen LogP contribution in [0.1, 0.15) is 13.8 Å². The molecule has 0 aliphatic heterocycles. The molecule has 0 saturated heterocycles. The van der Waals surface area contributed by atoms with Crippen molar-refractivity contribution in [2.24, 2.45) is 11.8 Å². The Hall–Kier alpha value is -0.590. The smallest absolute Gasteiger partial charge is 0.158 e. The molecule has 0 bridgehead atoms. The summed E-state index contributed by atoms with van der Waals surface area (Å²) in [6.45, 7) is 4.03. The van der Waals surface area contributed by atoms with Crippen LogP contribution in [-0.4, -0.2) is 5.78 Å². The largest absolute Gasteiger partial charge is 0.295 e. The monoisotopic (exact) mass is 110 g/mol. The topological polar surface area (TPSA) is 17.1 Å². The van der Waals surface area contributed by atoms with E-state index in [-0.39, 0.29) is 11.7 Å². The van der Waals surface area contributed by atoms with Crippen LogP contribution in [-0.2, 0) is 4.79 Å². The van der Waals surface area contributed by atoms with Gasteiger partial charge >= 0.3 is 0 Å². The zero-order valence-electron chi connectivity index (χ0n) is 5.22. The zero-order valence-corrected chi connectivity index (χ0v) is 5.22. The SMILES string of the molecule is C[C@H]1C=CC(=O)[C@@H]1C. The van der Waals surface area contributed by atoms with E-state index < -0.39 is 0 Å². The lowest BCUT2D eigenvalue weighted by molar-refractivity contribution is -0.117. The number of rotatable bonds is 0. The Morgan fingerprint density at radius 3 is 2.25 bits per heavy atom. The molecule has 0 aromatic carbocycles. The Balaban J connectivity index is 2.69. The summed E-state index contributed by atoms with van der Waals surface area (Å²) in [7, 11) is 0. The maximum atomic E-state index is 10.7. The van der Waals surface area contributed by atoms with Crippen LogP contribution in [0, 0.1) is 11.8 Å². The quantitative estimate of drug-likeness (QED) is 0.460. The van der Waals surface area contributed by atoms with Crippen molar-refractivity contribution < 1.29 is 4.79 Å². The minimum Gasteiger partial charge on any atom is -0.295 e. The number of ketones is 1. The van der Waals surface area contributed by atoms with E-state index in [1.165, 1.54) is 0 Å². The molecule has 0 spiro atoms. The lowest BCUT2D eigenvalue weighted by Gasteiger charge is -2.03. The fourth-order valence-corrected chi connectivity index (χ4v) is 0.824. The number of allylic oxidation sites excluding steroid dienone is 2. The molecule has 2 atom stereocenters. The first-order valence-corrected chi connectivity index (χ1v) is 2.94. The molecule has 0 radical (unpaired) electrons. The van der Waals surface area contributed by atoms with Crippen LogP contribution < -0.4 is 0 Å². The second kappa shape index (κ2) is 1.73. The van der Waals surface area contributed by atoms with Gasteiger partial charge in [0.1, 0.15) is 0 Å². The van der Waals surface area contributed by atoms with Gasteiger partial charge < -0.3 is 0 Å². The maximum absolute atomic E-state index is 10.7. The predicted molar refractivity (Wildman–Crippen MR) is 32.5 cm³/mol. The summed E-state index contributed by atoms with van der Waals surface area (Å²) in [5.74, 6) is 0.968. The van der Waals surface area contributed by atoms with Crippen LogP contribution in [0.4, 0.5) is 0 Å². The maximum Gasteiger partial charge on any atom is 0.158 e. The Morgan fingerprint density at radius 2 is 2.12 bits per heavy atom. The van der Waals surface area contributed by atoms with Crippen LogP contribution in [0.2, 0.25) is 0 Å². The molecule has 0 fully saturated rings. The second-order valence-corrected chi connectivity index (χ2v) is 2.41. The van der Waals surface area contributed by atoms with Gasteiger partial charge in [-0.1, -0.05) is 19.9 Å². The molecular formula is C7H10O. The summed E-state index contributed by atoms with van der Waals surface area (Å²) in [4.78, 5) is 10.7. The van der Waals surface area contributed by atoms with Crippen molar-refractivity contribution in [1.29, 1.82) is 0 Å². The highest BCUT2D eigenvalue weighted by Crippen LogP contribution is 2.19. The third-order valence-corrected chi connectivity index (χ3v) is 1.80. The lowest BCUT2D eigenvalue weighted by atomic mass is 10.00. The molecule has 0 amide bonds. The summed E-state index contributed by atoms with van der Waals surface area (Å²) < 4.78 is 0. The van der Waals surface area contributed by atoms with E-state index in [4.69, 9.17) is 0 Å². The van der Waals surface area contributed by atoms with Gasteiger partial charge in [-0.15, -0.1) is 0 Å². The van der Waals surface area contributed by atoms with E-state index in [0.717, 1.165) is 0 Å². The number of carbonyl (C=O) groups excluding carboxylic acids is 1. The van der Waals surface area contributed by atoms with Gasteiger partial charge in [0.25, 0.3) is 0 Å². The van der Waals surface area contributed by atoms with E-state index in [1.54, 1.807) is 6.08 Å². The average molecular weight is 110 g/mol. The van der Waals surface area contributed by atoms with Crippen LogP contribution in [0.25, 0.3) is 0 Å². The minimum atomic E-state index is 0.231. The molecule has 0 unspecified atom stereocenters. The molecule has 0 aromatic rings. The van der Waals surface area contributed by atoms with Gasteiger partial charge in [-0.2, -0.15) is 0 Å². The minimum absolute atomic E-state index is 0.231. The first-order chi connectivity index (χ1) is 3.72. The third kappa shape index (κ3) is 0.683. The first-order valence-electron chi connectivity index (χ1n) is 2.94. The molecule has 44 valence electrons. The van der Waals surface area contributed by atoms with Gasteiger partial charge in [0.15, 0.2) is 5.78 Å². The van der Waals surface area contributed by atoms with Gasteiger partial charge in [-0.3, -0.25) is 4.79 Å². The molecule has 0 saturated carbocycles. The fourth-order valence-electron chi connectivity index (χ4n) is 0.824. The van der Waals surface area contributed by atoms with Crippen LogP contribution in [0.15, 0.2) is 12.2 Å². The molecule has 1 rings (SSSR count). The summed E-state index contributed by atoms with van der Waals surface area (Å²) in [5, 5.41) is 0. The van der Waals surface area contributed by atoms with Crippen molar-refractivity contribution in [2.45, 2.75) is 13.8 Å². The van der Waals surface area contributed by atoms with E-state index in [0.29, 0.717) is 5.92 Å². The van der Waals surface area contributed by atoms with Crippen molar-refractivity contribution in [1.82, 2.24) is 0 Å². The average Bonchev–Trinajstić information content (AvgIpc) is 1.98. The molecular weight excluding hydrogens is 100 g/mol. The summed E-state index contributed by atoms with van der Waals surface area (Å²) in [5.41, 5.74) is 0. The molecule has 8 heavy (non-hydrogen) atoms. The van der Waals surface area contributed by atoms with Crippen molar-refractivity contribution in [3.8, 4) is 0 Å². The molecule has 0 N–H and O–H groups in total. The van der Waals surface area contributed by atoms with E-state index >= 15 is 0 Å². The second-order valence-electron chi connectivity index (χ2n) is 2.41. The van der Waals surface area contributed by atoms with Crippen molar-refractivity contribution in [3.05, 3.63) is 12.2 Å². The Kier molecular flexibility index (Phi) is 1.20. The Morgan fingerprint density at radius 1 is 1.50 bits per heavy atom. The summed E-state index contributed by atoms with van der Waals surface area (Å²) in [6.07, 6.45) is 3.64. The van der Waals surface area contributed by atoms with E-state index in [1.807, 2.05) is 13.0 Å². The molecule has 0 heterocycles. The van der Waals surface area contributed by atoms with E-state index in [2.05, 4.69) is 6.92 Å². The number of hydrogen-bond donors (Lipinski definition) is 0. The zero-order chi connectivity index (χ0) is 6.15. The summed E-state index contributed by atoms with van der Waals surface area (Å²) in [6, 6.07) is 0. The van der Waals surface area contributed by atoms with Crippen molar-refractivity contribution in [3.63, 3.8) is 0 Å². The van der Waals surface area contributed by atoms with E-state index in [9.17, 15) is 4.79 Å².